The van der Waals surface area contributed by atoms with Gasteiger partial charge in [0.15, 0.2) is 0 Å². The van der Waals surface area contributed by atoms with Gasteiger partial charge < -0.3 is 5.32 Å². The lowest BCUT2D eigenvalue weighted by Gasteiger charge is -2.18. The number of carbonyl (C=O) groups is 1. The predicted molar refractivity (Wildman–Crippen MR) is 114 cm³/mol. The van der Waals surface area contributed by atoms with Gasteiger partial charge in [0.25, 0.3) is 0 Å². The van der Waals surface area contributed by atoms with Crippen molar-refractivity contribution in [3.63, 3.8) is 0 Å². The number of nitrogens with zero attached hydrogens (tertiary/aromatic N) is 1. The molecule has 0 aromatic heterocycles. The van der Waals surface area contributed by atoms with Gasteiger partial charge in [-0.1, -0.05) is 78.9 Å². The molecule has 2 atom stereocenters. The molecule has 0 spiro atoms. The first-order valence-corrected chi connectivity index (χ1v) is 9.94. The molecule has 1 aliphatic rings. The van der Waals surface area contributed by atoms with Crippen LogP contribution in [0.3, 0.4) is 0 Å². The Kier molecular flexibility index (Phi) is 5.83. The highest BCUT2D eigenvalue weighted by Gasteiger charge is 2.37. The van der Waals surface area contributed by atoms with Gasteiger partial charge in [-0.2, -0.15) is 0 Å². The van der Waals surface area contributed by atoms with Crippen molar-refractivity contribution in [1.29, 1.82) is 0 Å². The highest BCUT2D eigenvalue weighted by Crippen LogP contribution is 2.29. The number of likely N-dealkylation sites (tertiary alicyclic amines) is 1. The summed E-state index contributed by atoms with van der Waals surface area (Å²) in [6.07, 6.45) is 0.930. The van der Waals surface area contributed by atoms with Crippen molar-refractivity contribution < 1.29 is 4.79 Å². The van der Waals surface area contributed by atoms with Crippen molar-refractivity contribution in [2.75, 3.05) is 18.4 Å². The molecule has 0 saturated carbocycles. The molecule has 28 heavy (non-hydrogen) atoms. The van der Waals surface area contributed by atoms with Gasteiger partial charge >= 0.3 is 0 Å². The average molecular weight is 370 g/mol. The van der Waals surface area contributed by atoms with Gasteiger partial charge in [0, 0.05) is 25.3 Å². The maximum atomic E-state index is 13.1. The minimum atomic E-state index is -0.0101. The molecular weight excluding hydrogens is 344 g/mol. The zero-order valence-electron chi connectivity index (χ0n) is 16.0. The van der Waals surface area contributed by atoms with E-state index in [1.165, 1.54) is 11.1 Å². The summed E-state index contributed by atoms with van der Waals surface area (Å²) in [6.45, 7) is 2.63. The lowest BCUT2D eigenvalue weighted by Crippen LogP contribution is -2.30. The van der Waals surface area contributed by atoms with Crippen molar-refractivity contribution in [3.8, 4) is 0 Å². The summed E-state index contributed by atoms with van der Waals surface area (Å²) in [7, 11) is 0. The van der Waals surface area contributed by atoms with Crippen LogP contribution in [0.2, 0.25) is 0 Å². The molecule has 1 fully saturated rings. The first kappa shape index (κ1) is 18.5. The van der Waals surface area contributed by atoms with Crippen LogP contribution in [0, 0.1) is 11.8 Å². The fourth-order valence-electron chi connectivity index (χ4n) is 4.11. The molecular formula is C25H26N2O. The number of nitrogens with one attached hydrogen (secondary N) is 1. The van der Waals surface area contributed by atoms with E-state index in [2.05, 4.69) is 58.7 Å². The van der Waals surface area contributed by atoms with Crippen LogP contribution >= 0.6 is 0 Å². The molecule has 0 radical (unpaired) electrons. The van der Waals surface area contributed by atoms with E-state index < -0.39 is 0 Å². The summed E-state index contributed by atoms with van der Waals surface area (Å²) in [4.78, 5) is 15.5. The largest absolute Gasteiger partial charge is 0.326 e. The predicted octanol–water partition coefficient (Wildman–Crippen LogP) is 4.62. The summed E-state index contributed by atoms with van der Waals surface area (Å²) >= 11 is 0. The third-order valence-electron chi connectivity index (χ3n) is 5.48. The molecule has 1 saturated heterocycles. The van der Waals surface area contributed by atoms with Crippen LogP contribution < -0.4 is 5.32 Å². The fourth-order valence-corrected chi connectivity index (χ4v) is 4.11. The molecule has 3 nitrogen and oxygen atoms in total. The van der Waals surface area contributed by atoms with Crippen molar-refractivity contribution >= 4 is 11.6 Å². The Morgan fingerprint density at radius 3 is 2.00 bits per heavy atom. The third-order valence-corrected chi connectivity index (χ3v) is 5.48. The third kappa shape index (κ3) is 4.68. The van der Waals surface area contributed by atoms with Crippen molar-refractivity contribution in [2.45, 2.75) is 13.0 Å². The highest BCUT2D eigenvalue weighted by atomic mass is 16.2. The maximum Gasteiger partial charge on any atom is 0.229 e. The van der Waals surface area contributed by atoms with E-state index in [0.29, 0.717) is 5.92 Å². The van der Waals surface area contributed by atoms with E-state index in [4.69, 9.17) is 0 Å². The minimum Gasteiger partial charge on any atom is -0.326 e. The van der Waals surface area contributed by atoms with E-state index in [1.54, 1.807) is 0 Å². The topological polar surface area (TPSA) is 32.3 Å². The Morgan fingerprint density at radius 1 is 0.786 bits per heavy atom. The van der Waals surface area contributed by atoms with Crippen molar-refractivity contribution in [1.82, 2.24) is 4.90 Å². The molecule has 1 aliphatic heterocycles. The first-order valence-electron chi connectivity index (χ1n) is 9.94. The van der Waals surface area contributed by atoms with Gasteiger partial charge in [0.2, 0.25) is 5.91 Å². The van der Waals surface area contributed by atoms with E-state index in [0.717, 1.165) is 31.7 Å². The number of para-hydroxylation sites is 1. The van der Waals surface area contributed by atoms with Crippen LogP contribution in [-0.2, 0) is 17.8 Å². The zero-order chi connectivity index (χ0) is 19.2. The number of anilines is 1. The number of benzene rings is 3. The van der Waals surface area contributed by atoms with Gasteiger partial charge in [0.05, 0.1) is 5.92 Å². The Morgan fingerprint density at radius 2 is 1.36 bits per heavy atom. The molecule has 0 aliphatic carbocycles. The molecule has 1 amide bonds. The second-order valence-corrected chi connectivity index (χ2v) is 7.59. The lowest BCUT2D eigenvalue weighted by molar-refractivity contribution is -0.120. The minimum absolute atomic E-state index is 0.0101. The number of hydrogen-bond donors (Lipinski definition) is 1. The van der Waals surface area contributed by atoms with Gasteiger partial charge in [-0.15, -0.1) is 0 Å². The Hall–Kier alpha value is -2.91. The number of rotatable bonds is 6. The van der Waals surface area contributed by atoms with E-state index in [-0.39, 0.29) is 11.8 Å². The van der Waals surface area contributed by atoms with Crippen LogP contribution in [0.1, 0.15) is 11.1 Å². The normalized spacial score (nSPS) is 19.4. The quantitative estimate of drug-likeness (QED) is 0.687. The van der Waals surface area contributed by atoms with E-state index in [1.807, 2.05) is 42.5 Å². The summed E-state index contributed by atoms with van der Waals surface area (Å²) in [5.74, 6) is 0.432. The maximum absolute atomic E-state index is 13.1. The van der Waals surface area contributed by atoms with Gasteiger partial charge in [-0.3, -0.25) is 9.69 Å². The second-order valence-electron chi connectivity index (χ2n) is 7.59. The summed E-state index contributed by atoms with van der Waals surface area (Å²) in [5.41, 5.74) is 3.46. The SMILES string of the molecule is O=C(Nc1ccccc1)C1CN(Cc2ccccc2)CC1Cc1ccccc1. The van der Waals surface area contributed by atoms with Crippen LogP contribution in [0.5, 0.6) is 0 Å². The van der Waals surface area contributed by atoms with Crippen LogP contribution in [0.4, 0.5) is 5.69 Å². The fraction of sp³-hybridized carbons (Fsp3) is 0.240. The van der Waals surface area contributed by atoms with Gasteiger partial charge in [0.1, 0.15) is 0 Å². The number of hydrogen-bond acceptors (Lipinski definition) is 2. The molecule has 3 aromatic carbocycles. The van der Waals surface area contributed by atoms with Crippen molar-refractivity contribution in [3.05, 3.63) is 102 Å². The molecule has 1 N–H and O–H groups in total. The second kappa shape index (κ2) is 8.85. The molecule has 142 valence electrons. The first-order chi connectivity index (χ1) is 13.8. The van der Waals surface area contributed by atoms with E-state index in [9.17, 15) is 4.79 Å². The summed E-state index contributed by atoms with van der Waals surface area (Å²) in [6, 6.07) is 30.8. The van der Waals surface area contributed by atoms with Crippen LogP contribution in [-0.4, -0.2) is 23.9 Å². The molecule has 1 heterocycles. The monoisotopic (exact) mass is 370 g/mol. The van der Waals surface area contributed by atoms with E-state index >= 15 is 0 Å². The number of carbonyl (C=O) groups excluding carboxylic acids is 1. The summed E-state index contributed by atoms with van der Waals surface area (Å²) in [5, 5.41) is 3.12. The van der Waals surface area contributed by atoms with Gasteiger partial charge in [-0.05, 0) is 35.6 Å². The molecule has 3 heteroatoms. The van der Waals surface area contributed by atoms with Gasteiger partial charge in [-0.25, -0.2) is 0 Å². The van der Waals surface area contributed by atoms with Crippen LogP contribution in [0.25, 0.3) is 0 Å². The lowest BCUT2D eigenvalue weighted by atomic mass is 9.89. The Balaban J connectivity index is 1.49. The summed E-state index contributed by atoms with van der Waals surface area (Å²) < 4.78 is 0. The highest BCUT2D eigenvalue weighted by molar-refractivity contribution is 5.93. The molecule has 0 bridgehead atoms. The molecule has 4 rings (SSSR count). The van der Waals surface area contributed by atoms with Crippen LogP contribution in [0.15, 0.2) is 91.0 Å². The standard InChI is InChI=1S/C25H26N2O/c28-25(26-23-14-8-3-9-15-23)24-19-27(17-21-12-6-2-7-13-21)18-22(24)16-20-10-4-1-5-11-20/h1-15,22,24H,16-19H2,(H,26,28). The molecule has 2 unspecified atom stereocenters. The number of amides is 1. The Bertz CT molecular complexity index is 880. The zero-order valence-corrected chi connectivity index (χ0v) is 16.0. The average Bonchev–Trinajstić information content (AvgIpc) is 3.12. The smallest absolute Gasteiger partial charge is 0.229 e. The molecule has 3 aromatic rings. The Labute approximate surface area is 167 Å². The van der Waals surface area contributed by atoms with Crippen molar-refractivity contribution in [2.24, 2.45) is 11.8 Å².